The fourth-order valence-corrected chi connectivity index (χ4v) is 2.39. The van der Waals surface area contributed by atoms with Gasteiger partial charge in [0.2, 0.25) is 0 Å². The summed E-state index contributed by atoms with van der Waals surface area (Å²) >= 11 is 0. The number of methoxy groups -OCH3 is 1. The Bertz CT molecular complexity index is 349. The van der Waals surface area contributed by atoms with Crippen molar-refractivity contribution < 1.29 is 9.84 Å². The van der Waals surface area contributed by atoms with Crippen molar-refractivity contribution in [1.82, 2.24) is 4.98 Å². The van der Waals surface area contributed by atoms with Gasteiger partial charge < -0.3 is 14.7 Å². The van der Waals surface area contributed by atoms with Crippen molar-refractivity contribution in [3.05, 3.63) is 23.9 Å². The van der Waals surface area contributed by atoms with E-state index < -0.39 is 0 Å². The molecule has 1 N–H and O–H groups in total. The molecule has 0 radical (unpaired) electrons. The highest BCUT2D eigenvalue weighted by Gasteiger charge is 2.21. The second-order valence-corrected chi connectivity index (χ2v) is 4.53. The smallest absolute Gasteiger partial charge is 0.134 e. The Balaban J connectivity index is 2.00. The average Bonchev–Trinajstić information content (AvgIpc) is 2.40. The lowest BCUT2D eigenvalue weighted by Gasteiger charge is -2.33. The molecule has 0 aliphatic carbocycles. The Hall–Kier alpha value is -1.13. The molecule has 17 heavy (non-hydrogen) atoms. The minimum atomic E-state index is 0.0567. The molecule has 1 aliphatic rings. The van der Waals surface area contributed by atoms with Crippen LogP contribution in [0.15, 0.2) is 18.3 Å². The summed E-state index contributed by atoms with van der Waals surface area (Å²) in [7, 11) is 1.76. The van der Waals surface area contributed by atoms with E-state index in [4.69, 9.17) is 4.74 Å². The molecular weight excluding hydrogens is 216 g/mol. The molecule has 1 saturated heterocycles. The van der Waals surface area contributed by atoms with Gasteiger partial charge >= 0.3 is 0 Å². The Kier molecular flexibility index (Phi) is 4.34. The van der Waals surface area contributed by atoms with E-state index in [1.807, 2.05) is 12.1 Å². The predicted molar refractivity (Wildman–Crippen MR) is 67.0 cm³/mol. The van der Waals surface area contributed by atoms with Gasteiger partial charge in [0.05, 0.1) is 6.61 Å². The maximum absolute atomic E-state index is 9.30. The van der Waals surface area contributed by atoms with E-state index in [1.54, 1.807) is 13.3 Å². The van der Waals surface area contributed by atoms with Crippen molar-refractivity contribution in [2.45, 2.75) is 19.4 Å². The van der Waals surface area contributed by atoms with E-state index in [0.717, 1.165) is 43.9 Å². The molecule has 1 aromatic rings. The van der Waals surface area contributed by atoms with E-state index in [0.29, 0.717) is 5.92 Å². The maximum Gasteiger partial charge on any atom is 0.134 e. The number of hydrogen-bond donors (Lipinski definition) is 1. The molecule has 2 heterocycles. The molecule has 0 bridgehead atoms. The Morgan fingerprint density at radius 2 is 2.24 bits per heavy atom. The van der Waals surface area contributed by atoms with E-state index in [-0.39, 0.29) is 6.61 Å². The summed E-state index contributed by atoms with van der Waals surface area (Å²) in [4.78, 5) is 6.64. The summed E-state index contributed by atoms with van der Waals surface area (Å²) in [5.74, 6) is 1.60. The van der Waals surface area contributed by atoms with Crippen LogP contribution < -0.4 is 4.90 Å². The highest BCUT2D eigenvalue weighted by Crippen LogP contribution is 2.24. The summed E-state index contributed by atoms with van der Waals surface area (Å²) in [6, 6.07) is 3.80. The van der Waals surface area contributed by atoms with Crippen LogP contribution in [0.5, 0.6) is 0 Å². The van der Waals surface area contributed by atoms with Crippen LogP contribution in [0.1, 0.15) is 18.4 Å². The number of nitrogens with zero attached hydrogens (tertiary/aromatic N) is 2. The molecule has 0 saturated carbocycles. The van der Waals surface area contributed by atoms with Crippen molar-refractivity contribution in [1.29, 1.82) is 0 Å². The zero-order valence-corrected chi connectivity index (χ0v) is 10.3. The minimum Gasteiger partial charge on any atom is -0.392 e. The summed E-state index contributed by atoms with van der Waals surface area (Å²) < 4.78 is 5.19. The van der Waals surface area contributed by atoms with Crippen LogP contribution in [-0.4, -0.2) is 36.9 Å². The van der Waals surface area contributed by atoms with Gasteiger partial charge in [-0.15, -0.1) is 0 Å². The third-order valence-electron chi connectivity index (χ3n) is 3.35. The van der Waals surface area contributed by atoms with Gasteiger partial charge in [0.15, 0.2) is 0 Å². The number of aliphatic hydroxyl groups excluding tert-OH is 1. The van der Waals surface area contributed by atoms with E-state index in [9.17, 15) is 5.11 Å². The van der Waals surface area contributed by atoms with Crippen LogP contribution in [0.3, 0.4) is 0 Å². The number of hydrogen-bond acceptors (Lipinski definition) is 4. The van der Waals surface area contributed by atoms with Gasteiger partial charge in [0.25, 0.3) is 0 Å². The fourth-order valence-electron chi connectivity index (χ4n) is 2.39. The lowest BCUT2D eigenvalue weighted by atomic mass is 9.97. The lowest BCUT2D eigenvalue weighted by molar-refractivity contribution is 0.139. The van der Waals surface area contributed by atoms with Crippen molar-refractivity contribution in [3.8, 4) is 0 Å². The first kappa shape index (κ1) is 12.3. The van der Waals surface area contributed by atoms with Gasteiger partial charge in [0.1, 0.15) is 5.82 Å². The number of ether oxygens (including phenoxy) is 1. The number of anilines is 1. The second-order valence-electron chi connectivity index (χ2n) is 4.53. The molecule has 2 rings (SSSR count). The largest absolute Gasteiger partial charge is 0.392 e. The molecule has 4 heteroatoms. The van der Waals surface area contributed by atoms with Gasteiger partial charge in [-0.3, -0.25) is 0 Å². The van der Waals surface area contributed by atoms with E-state index in [2.05, 4.69) is 9.88 Å². The van der Waals surface area contributed by atoms with Gasteiger partial charge in [-0.2, -0.15) is 0 Å². The quantitative estimate of drug-likeness (QED) is 0.859. The Morgan fingerprint density at radius 3 is 2.88 bits per heavy atom. The topological polar surface area (TPSA) is 45.6 Å². The van der Waals surface area contributed by atoms with Crippen LogP contribution in [0.4, 0.5) is 5.82 Å². The molecular formula is C13H20N2O2. The molecule has 0 aromatic carbocycles. The average molecular weight is 236 g/mol. The summed E-state index contributed by atoms with van der Waals surface area (Å²) in [6.45, 7) is 2.90. The third kappa shape index (κ3) is 2.96. The van der Waals surface area contributed by atoms with Crippen molar-refractivity contribution >= 4 is 5.82 Å². The molecule has 0 atom stereocenters. The number of rotatable bonds is 4. The molecule has 94 valence electrons. The molecule has 0 unspecified atom stereocenters. The van der Waals surface area contributed by atoms with Crippen molar-refractivity contribution in [2.75, 3.05) is 31.7 Å². The first-order chi connectivity index (χ1) is 8.35. The summed E-state index contributed by atoms with van der Waals surface area (Å²) in [5, 5.41) is 9.30. The van der Waals surface area contributed by atoms with Crippen LogP contribution >= 0.6 is 0 Å². The fraction of sp³-hybridized carbons (Fsp3) is 0.615. The molecule has 0 amide bonds. The Morgan fingerprint density at radius 1 is 1.47 bits per heavy atom. The van der Waals surface area contributed by atoms with Crippen molar-refractivity contribution in [2.24, 2.45) is 5.92 Å². The van der Waals surface area contributed by atoms with Gasteiger partial charge in [-0.05, 0) is 24.8 Å². The molecule has 0 spiro atoms. The first-order valence-corrected chi connectivity index (χ1v) is 6.13. The maximum atomic E-state index is 9.30. The van der Waals surface area contributed by atoms with Gasteiger partial charge in [-0.25, -0.2) is 4.98 Å². The van der Waals surface area contributed by atoms with Crippen LogP contribution in [0.2, 0.25) is 0 Å². The van der Waals surface area contributed by atoms with Gasteiger partial charge in [0, 0.05) is 38.6 Å². The molecule has 1 fully saturated rings. The normalized spacial score (nSPS) is 17.4. The standard InChI is InChI=1S/C13H20N2O2/c1-17-10-11-4-7-15(8-5-11)13-12(9-16)3-2-6-14-13/h2-3,6,11,16H,4-5,7-10H2,1H3. The van der Waals surface area contributed by atoms with Crippen LogP contribution in [0.25, 0.3) is 0 Å². The van der Waals surface area contributed by atoms with E-state index >= 15 is 0 Å². The number of piperidine rings is 1. The number of aliphatic hydroxyl groups is 1. The summed E-state index contributed by atoms with van der Waals surface area (Å²) in [5.41, 5.74) is 0.915. The number of pyridine rings is 1. The summed E-state index contributed by atoms with van der Waals surface area (Å²) in [6.07, 6.45) is 4.06. The zero-order chi connectivity index (χ0) is 12.1. The molecule has 1 aromatic heterocycles. The lowest BCUT2D eigenvalue weighted by Crippen LogP contribution is -2.36. The molecule has 4 nitrogen and oxygen atoms in total. The minimum absolute atomic E-state index is 0.0567. The highest BCUT2D eigenvalue weighted by molar-refractivity contribution is 5.46. The highest BCUT2D eigenvalue weighted by atomic mass is 16.5. The van der Waals surface area contributed by atoms with Gasteiger partial charge in [-0.1, -0.05) is 6.07 Å². The zero-order valence-electron chi connectivity index (χ0n) is 10.3. The molecule has 1 aliphatic heterocycles. The second kappa shape index (κ2) is 5.98. The van der Waals surface area contributed by atoms with E-state index in [1.165, 1.54) is 0 Å². The third-order valence-corrected chi connectivity index (χ3v) is 3.35. The Labute approximate surface area is 102 Å². The SMILES string of the molecule is COCC1CCN(c2ncccc2CO)CC1. The predicted octanol–water partition coefficient (Wildman–Crippen LogP) is 1.44. The monoisotopic (exact) mass is 236 g/mol. The van der Waals surface area contributed by atoms with Crippen LogP contribution in [0, 0.1) is 5.92 Å². The van der Waals surface area contributed by atoms with Crippen LogP contribution in [-0.2, 0) is 11.3 Å². The number of aromatic nitrogens is 1. The van der Waals surface area contributed by atoms with Crippen molar-refractivity contribution in [3.63, 3.8) is 0 Å². The first-order valence-electron chi connectivity index (χ1n) is 6.13.